The monoisotopic (exact) mass is 539 g/mol. The lowest BCUT2D eigenvalue weighted by Gasteiger charge is -2.28. The van der Waals surface area contributed by atoms with Crippen LogP contribution in [0, 0.1) is 12.8 Å². The molecular formula is C30H35F2N3O4. The van der Waals surface area contributed by atoms with Crippen LogP contribution in [0.2, 0.25) is 0 Å². The Morgan fingerprint density at radius 2 is 1.92 bits per heavy atom. The van der Waals surface area contributed by atoms with Gasteiger partial charge in [0.15, 0.2) is 5.78 Å². The van der Waals surface area contributed by atoms with Crippen molar-refractivity contribution in [3.8, 4) is 5.75 Å². The van der Waals surface area contributed by atoms with Gasteiger partial charge in [0.2, 0.25) is 0 Å². The fraction of sp³-hybridized carbons (Fsp3) is 0.333. The van der Waals surface area contributed by atoms with E-state index in [1.165, 1.54) is 24.3 Å². The number of Topliss-reactive ketones (excluding diaryl/α,β-unsaturated/α-hetero) is 1. The molecule has 2 aromatic rings. The summed E-state index contributed by atoms with van der Waals surface area (Å²) in [5.41, 5.74) is 8.68. The molecule has 0 saturated heterocycles. The number of allylic oxidation sites excluding steroid dienone is 1. The molecule has 0 saturated carbocycles. The Bertz CT molecular complexity index is 1340. The van der Waals surface area contributed by atoms with Gasteiger partial charge < -0.3 is 25.4 Å². The highest BCUT2D eigenvalue weighted by molar-refractivity contribution is 5.96. The van der Waals surface area contributed by atoms with Crippen LogP contribution in [0.4, 0.5) is 8.78 Å². The van der Waals surface area contributed by atoms with E-state index in [2.05, 4.69) is 23.2 Å². The predicted molar refractivity (Wildman–Crippen MR) is 148 cm³/mol. The standard InChI is InChI=1S/C30H35F2N3O4/c1-5-30(31,32)39-26-9-7-23(8-10-26)28(36)11-6-22(17-33)18-35-19-25-16-27(29(37)34-12-13-38-4)20(2)14-24(25)15-21(35)3/h5,7-10,14-16,19,22H,1,3,6,11-13,17-18,33H2,2,4H3,(H,34,37). The Hall–Kier alpha value is -3.82. The number of hydrogen-bond donors (Lipinski definition) is 2. The summed E-state index contributed by atoms with van der Waals surface area (Å²) in [4.78, 5) is 27.4. The quantitative estimate of drug-likeness (QED) is 0.218. The van der Waals surface area contributed by atoms with Crippen LogP contribution in [0.5, 0.6) is 5.75 Å². The van der Waals surface area contributed by atoms with E-state index in [1.807, 2.05) is 36.2 Å². The average molecular weight is 540 g/mol. The Morgan fingerprint density at radius 3 is 2.56 bits per heavy atom. The molecule has 39 heavy (non-hydrogen) atoms. The second-order valence-corrected chi connectivity index (χ2v) is 9.42. The van der Waals surface area contributed by atoms with Crippen molar-refractivity contribution >= 4 is 24.0 Å². The van der Waals surface area contributed by atoms with Crippen LogP contribution in [0.25, 0.3) is 12.3 Å². The number of halogens is 2. The smallest absolute Gasteiger partial charge is 0.419 e. The molecule has 1 amide bonds. The van der Waals surface area contributed by atoms with Crippen LogP contribution in [0.3, 0.4) is 0 Å². The summed E-state index contributed by atoms with van der Waals surface area (Å²) in [6, 6.07) is 9.42. The number of carbonyl (C=O) groups is 2. The first kappa shape index (κ1) is 29.7. The van der Waals surface area contributed by atoms with E-state index in [1.54, 1.807) is 7.11 Å². The minimum absolute atomic E-state index is 0.00643. The molecule has 3 rings (SSSR count). The van der Waals surface area contributed by atoms with Gasteiger partial charge in [-0.05, 0) is 78.2 Å². The van der Waals surface area contributed by atoms with E-state index in [4.69, 9.17) is 10.5 Å². The molecule has 1 atom stereocenters. The molecule has 2 aromatic carbocycles. The van der Waals surface area contributed by atoms with Gasteiger partial charge in [0.25, 0.3) is 5.91 Å². The molecule has 1 aliphatic heterocycles. The van der Waals surface area contributed by atoms with Gasteiger partial charge >= 0.3 is 6.11 Å². The largest absolute Gasteiger partial charge is 0.429 e. The molecule has 0 radical (unpaired) electrons. The zero-order valence-corrected chi connectivity index (χ0v) is 22.3. The highest BCUT2D eigenvalue weighted by Crippen LogP contribution is 2.23. The summed E-state index contributed by atoms with van der Waals surface area (Å²) in [5.74, 6) is -0.344. The highest BCUT2D eigenvalue weighted by Gasteiger charge is 2.26. The van der Waals surface area contributed by atoms with Crippen LogP contribution in [-0.2, 0) is 4.74 Å². The molecule has 0 fully saturated rings. The van der Waals surface area contributed by atoms with Gasteiger partial charge in [-0.15, -0.1) is 0 Å². The molecule has 1 aliphatic rings. The Kier molecular flexibility index (Phi) is 10.1. The van der Waals surface area contributed by atoms with E-state index in [9.17, 15) is 18.4 Å². The summed E-state index contributed by atoms with van der Waals surface area (Å²) < 4.78 is 36.2. The van der Waals surface area contributed by atoms with Crippen LogP contribution in [-0.4, -0.2) is 56.0 Å². The van der Waals surface area contributed by atoms with Crippen molar-refractivity contribution in [3.05, 3.63) is 88.5 Å². The summed E-state index contributed by atoms with van der Waals surface area (Å²) in [7, 11) is 1.58. The summed E-state index contributed by atoms with van der Waals surface area (Å²) in [6.45, 7) is 10.9. The SMILES string of the molecule is C=CC(F)(F)Oc1ccc(C(=O)CCC(CN)CN2C=c3cc(C(=O)NCCOC)c(C)cc3=CC2=C)cc1. The highest BCUT2D eigenvalue weighted by atomic mass is 19.3. The number of ketones is 1. The Morgan fingerprint density at radius 1 is 1.21 bits per heavy atom. The van der Waals surface area contributed by atoms with Crippen molar-refractivity contribution < 1.29 is 27.8 Å². The normalized spacial score (nSPS) is 13.6. The molecule has 9 heteroatoms. The van der Waals surface area contributed by atoms with Gasteiger partial charge in [0, 0.05) is 55.7 Å². The second-order valence-electron chi connectivity index (χ2n) is 9.42. The van der Waals surface area contributed by atoms with Crippen LogP contribution < -0.4 is 26.2 Å². The fourth-order valence-corrected chi connectivity index (χ4v) is 4.22. The molecule has 3 N–H and O–H groups in total. The van der Waals surface area contributed by atoms with E-state index in [0.29, 0.717) is 49.9 Å². The van der Waals surface area contributed by atoms with E-state index in [0.717, 1.165) is 21.7 Å². The van der Waals surface area contributed by atoms with Gasteiger partial charge in [0.05, 0.1) is 6.61 Å². The maximum absolute atomic E-state index is 13.3. The number of ether oxygens (including phenoxy) is 2. The maximum atomic E-state index is 13.3. The van der Waals surface area contributed by atoms with Crippen molar-refractivity contribution in [2.24, 2.45) is 11.7 Å². The topological polar surface area (TPSA) is 93.9 Å². The Balaban J connectivity index is 1.66. The van der Waals surface area contributed by atoms with Gasteiger partial charge in [0.1, 0.15) is 5.75 Å². The van der Waals surface area contributed by atoms with Gasteiger partial charge in [-0.25, -0.2) is 0 Å². The lowest BCUT2D eigenvalue weighted by atomic mass is 9.97. The molecule has 1 heterocycles. The first-order valence-corrected chi connectivity index (χ1v) is 12.7. The minimum Gasteiger partial charge on any atom is -0.429 e. The third-order valence-corrected chi connectivity index (χ3v) is 6.49. The van der Waals surface area contributed by atoms with Crippen molar-refractivity contribution in [2.45, 2.75) is 25.9 Å². The van der Waals surface area contributed by atoms with E-state index < -0.39 is 6.11 Å². The lowest BCUT2D eigenvalue weighted by Crippen LogP contribution is -2.39. The van der Waals surface area contributed by atoms with Gasteiger partial charge in [-0.2, -0.15) is 8.78 Å². The second kappa shape index (κ2) is 13.3. The first-order valence-electron chi connectivity index (χ1n) is 12.7. The molecule has 0 aliphatic carbocycles. The predicted octanol–water partition coefficient (Wildman–Crippen LogP) is 3.11. The number of carbonyl (C=O) groups excluding carboxylic acids is 2. The lowest BCUT2D eigenvalue weighted by molar-refractivity contribution is -0.131. The fourth-order valence-electron chi connectivity index (χ4n) is 4.22. The zero-order chi connectivity index (χ0) is 28.6. The van der Waals surface area contributed by atoms with E-state index in [-0.39, 0.29) is 29.8 Å². The number of amides is 1. The van der Waals surface area contributed by atoms with Crippen LogP contribution in [0.1, 0.15) is 39.1 Å². The van der Waals surface area contributed by atoms with Crippen molar-refractivity contribution in [1.82, 2.24) is 10.2 Å². The average Bonchev–Trinajstić information content (AvgIpc) is 2.91. The zero-order valence-electron chi connectivity index (χ0n) is 22.3. The number of aryl methyl sites for hydroxylation is 1. The number of nitrogens with zero attached hydrogens (tertiary/aromatic N) is 1. The number of benzene rings is 2. The van der Waals surface area contributed by atoms with Crippen molar-refractivity contribution in [1.29, 1.82) is 0 Å². The number of alkyl halides is 2. The van der Waals surface area contributed by atoms with Crippen LogP contribution >= 0.6 is 0 Å². The summed E-state index contributed by atoms with van der Waals surface area (Å²) in [6.07, 6.45) is 1.62. The third-order valence-electron chi connectivity index (χ3n) is 6.49. The van der Waals surface area contributed by atoms with Gasteiger partial charge in [-0.1, -0.05) is 19.2 Å². The number of hydrogen-bond acceptors (Lipinski definition) is 6. The van der Waals surface area contributed by atoms with Crippen molar-refractivity contribution in [2.75, 3.05) is 33.4 Å². The molecule has 1 unspecified atom stereocenters. The number of nitrogens with one attached hydrogen (secondary N) is 1. The number of methoxy groups -OCH3 is 1. The molecule has 7 nitrogen and oxygen atoms in total. The van der Waals surface area contributed by atoms with Crippen LogP contribution in [0.15, 0.2) is 61.3 Å². The molecule has 208 valence electrons. The number of fused-ring (bicyclic) bond motifs is 1. The molecule has 0 bridgehead atoms. The Labute approximate surface area is 227 Å². The van der Waals surface area contributed by atoms with E-state index >= 15 is 0 Å². The summed E-state index contributed by atoms with van der Waals surface area (Å²) in [5, 5.41) is 4.72. The van der Waals surface area contributed by atoms with Gasteiger partial charge in [-0.3, -0.25) is 9.59 Å². The maximum Gasteiger partial charge on any atom is 0.419 e. The molecule has 0 spiro atoms. The summed E-state index contributed by atoms with van der Waals surface area (Å²) >= 11 is 0. The third kappa shape index (κ3) is 8.08. The molecular weight excluding hydrogens is 504 g/mol. The minimum atomic E-state index is -3.48. The first-order chi connectivity index (χ1) is 18.6. The number of rotatable bonds is 14. The molecule has 0 aromatic heterocycles. The number of nitrogens with two attached hydrogens (primary N) is 1. The van der Waals surface area contributed by atoms with Crippen molar-refractivity contribution in [3.63, 3.8) is 0 Å².